The molecule has 1 fully saturated rings. The van der Waals surface area contributed by atoms with Gasteiger partial charge in [-0.05, 0) is 48.4 Å². The molecule has 2 aromatic rings. The Hall–Kier alpha value is -1.32. The number of aromatic nitrogens is 1. The van der Waals surface area contributed by atoms with E-state index in [2.05, 4.69) is 34.6 Å². The van der Waals surface area contributed by atoms with Crippen LogP contribution < -0.4 is 5.32 Å². The molecule has 3 nitrogen and oxygen atoms in total. The monoisotopic (exact) mass is 244 g/mol. The fourth-order valence-electron chi connectivity index (χ4n) is 2.67. The molecule has 1 heterocycles. The normalized spacial score (nSPS) is 17.8. The topological polar surface area (TPSA) is 37.0 Å². The van der Waals surface area contributed by atoms with E-state index in [0.29, 0.717) is 0 Å². The number of benzene rings is 1. The van der Waals surface area contributed by atoms with Crippen LogP contribution in [0.2, 0.25) is 0 Å². The lowest BCUT2D eigenvalue weighted by Gasteiger charge is -2.40. The van der Waals surface area contributed by atoms with E-state index >= 15 is 0 Å². The third-order valence-electron chi connectivity index (χ3n) is 4.09. The van der Waals surface area contributed by atoms with Gasteiger partial charge in [-0.25, -0.2) is 0 Å². The molecule has 0 radical (unpaired) electrons. The first kappa shape index (κ1) is 11.8. The lowest BCUT2D eigenvalue weighted by Crippen LogP contribution is -2.47. The van der Waals surface area contributed by atoms with E-state index in [4.69, 9.17) is 4.74 Å². The summed E-state index contributed by atoms with van der Waals surface area (Å²) in [4.78, 5) is 3.21. The Balaban J connectivity index is 1.59. The highest BCUT2D eigenvalue weighted by atomic mass is 16.5. The van der Waals surface area contributed by atoms with Crippen LogP contribution in [0.25, 0.3) is 10.9 Å². The molecule has 3 rings (SSSR count). The third-order valence-corrected chi connectivity index (χ3v) is 4.09. The molecule has 0 unspecified atom stereocenters. The second-order valence-electron chi connectivity index (χ2n) is 5.24. The summed E-state index contributed by atoms with van der Waals surface area (Å²) in [5.41, 5.74) is 2.64. The van der Waals surface area contributed by atoms with E-state index in [9.17, 15) is 0 Å². The summed E-state index contributed by atoms with van der Waals surface area (Å²) < 4.78 is 5.60. The summed E-state index contributed by atoms with van der Waals surface area (Å²) >= 11 is 0. The van der Waals surface area contributed by atoms with Gasteiger partial charge in [0.2, 0.25) is 0 Å². The number of aromatic amines is 1. The lowest BCUT2D eigenvalue weighted by molar-refractivity contribution is -0.0695. The van der Waals surface area contributed by atoms with Gasteiger partial charge in [0, 0.05) is 31.9 Å². The number of rotatable bonds is 5. The van der Waals surface area contributed by atoms with Crippen molar-refractivity contribution >= 4 is 10.9 Å². The Kier molecular flexibility index (Phi) is 3.10. The Morgan fingerprint density at radius 3 is 2.94 bits per heavy atom. The Morgan fingerprint density at radius 1 is 1.33 bits per heavy atom. The second-order valence-corrected chi connectivity index (χ2v) is 5.24. The van der Waals surface area contributed by atoms with Crippen molar-refractivity contribution in [2.24, 2.45) is 0 Å². The average Bonchev–Trinajstić information content (AvgIpc) is 2.80. The van der Waals surface area contributed by atoms with Crippen molar-refractivity contribution in [3.63, 3.8) is 0 Å². The van der Waals surface area contributed by atoms with Gasteiger partial charge in [0.25, 0.3) is 0 Å². The summed E-state index contributed by atoms with van der Waals surface area (Å²) in [6.45, 7) is 1.86. The summed E-state index contributed by atoms with van der Waals surface area (Å²) in [7, 11) is 1.83. The molecular formula is C15H20N2O. The first-order valence-corrected chi connectivity index (χ1v) is 6.63. The molecule has 3 heteroatoms. The summed E-state index contributed by atoms with van der Waals surface area (Å²) in [6, 6.07) is 8.66. The largest absolute Gasteiger partial charge is 0.377 e. The number of ether oxygens (including phenoxy) is 1. The van der Waals surface area contributed by atoms with Crippen molar-refractivity contribution in [2.45, 2.75) is 31.4 Å². The van der Waals surface area contributed by atoms with Crippen molar-refractivity contribution in [3.05, 3.63) is 36.0 Å². The van der Waals surface area contributed by atoms with Gasteiger partial charge in [0.05, 0.1) is 5.60 Å². The smallest absolute Gasteiger partial charge is 0.0802 e. The molecule has 0 bridgehead atoms. The van der Waals surface area contributed by atoms with Crippen LogP contribution in [0.15, 0.2) is 30.5 Å². The first-order valence-electron chi connectivity index (χ1n) is 6.63. The van der Waals surface area contributed by atoms with E-state index in [1.54, 1.807) is 0 Å². The maximum absolute atomic E-state index is 5.60. The van der Waals surface area contributed by atoms with E-state index < -0.39 is 0 Å². The number of hydrogen-bond acceptors (Lipinski definition) is 2. The number of nitrogens with one attached hydrogen (secondary N) is 2. The van der Waals surface area contributed by atoms with E-state index in [0.717, 1.165) is 13.1 Å². The van der Waals surface area contributed by atoms with Crippen molar-refractivity contribution in [2.75, 3.05) is 13.7 Å². The molecule has 0 saturated heterocycles. The number of H-pyrrole nitrogens is 1. The van der Waals surface area contributed by atoms with E-state index in [1.807, 2.05) is 13.3 Å². The predicted molar refractivity (Wildman–Crippen MR) is 73.6 cm³/mol. The minimum Gasteiger partial charge on any atom is -0.377 e. The summed E-state index contributed by atoms with van der Waals surface area (Å²) in [5, 5.41) is 4.79. The molecule has 1 saturated carbocycles. The van der Waals surface area contributed by atoms with E-state index in [1.165, 1.54) is 35.7 Å². The van der Waals surface area contributed by atoms with Crippen LogP contribution in [0.5, 0.6) is 0 Å². The predicted octanol–water partition coefficient (Wildman–Crippen LogP) is 2.83. The zero-order valence-corrected chi connectivity index (χ0v) is 10.8. The van der Waals surface area contributed by atoms with Crippen LogP contribution in [-0.2, 0) is 11.3 Å². The molecular weight excluding hydrogens is 224 g/mol. The molecule has 0 amide bonds. The lowest BCUT2D eigenvalue weighted by atomic mass is 9.80. The van der Waals surface area contributed by atoms with Crippen molar-refractivity contribution in [1.29, 1.82) is 0 Å². The molecule has 1 aromatic carbocycles. The van der Waals surface area contributed by atoms with Gasteiger partial charge in [-0.15, -0.1) is 0 Å². The summed E-state index contributed by atoms with van der Waals surface area (Å²) in [6.07, 6.45) is 5.65. The average molecular weight is 244 g/mol. The van der Waals surface area contributed by atoms with Crippen LogP contribution in [0.3, 0.4) is 0 Å². The third kappa shape index (κ3) is 2.16. The molecule has 1 aliphatic carbocycles. The molecule has 0 spiro atoms. The van der Waals surface area contributed by atoms with Gasteiger partial charge in [-0.3, -0.25) is 0 Å². The highest BCUT2D eigenvalue weighted by Crippen LogP contribution is 2.34. The molecule has 96 valence electrons. The van der Waals surface area contributed by atoms with Gasteiger partial charge in [-0.2, -0.15) is 0 Å². The van der Waals surface area contributed by atoms with Crippen LogP contribution in [-0.4, -0.2) is 24.2 Å². The minimum atomic E-state index is 0.109. The van der Waals surface area contributed by atoms with Crippen molar-refractivity contribution in [1.82, 2.24) is 10.3 Å². The van der Waals surface area contributed by atoms with Crippen LogP contribution in [0, 0.1) is 0 Å². The van der Waals surface area contributed by atoms with Gasteiger partial charge in [0.1, 0.15) is 0 Å². The number of hydrogen-bond donors (Lipinski definition) is 2. The first-order chi connectivity index (χ1) is 8.81. The van der Waals surface area contributed by atoms with Crippen molar-refractivity contribution < 1.29 is 4.74 Å². The number of fused-ring (bicyclic) bond motifs is 1. The van der Waals surface area contributed by atoms with Gasteiger partial charge >= 0.3 is 0 Å². The van der Waals surface area contributed by atoms with Gasteiger partial charge < -0.3 is 15.0 Å². The summed E-state index contributed by atoms with van der Waals surface area (Å²) in [5.74, 6) is 0. The number of methoxy groups -OCH3 is 1. The fraction of sp³-hybridized carbons (Fsp3) is 0.467. The van der Waals surface area contributed by atoms with Gasteiger partial charge in [0.15, 0.2) is 0 Å². The Labute approximate surface area is 108 Å². The molecule has 0 aliphatic heterocycles. The highest BCUT2D eigenvalue weighted by Gasteiger charge is 2.36. The van der Waals surface area contributed by atoms with Gasteiger partial charge in [-0.1, -0.05) is 6.07 Å². The van der Waals surface area contributed by atoms with Crippen molar-refractivity contribution in [3.8, 4) is 0 Å². The maximum atomic E-state index is 5.60. The molecule has 1 aliphatic rings. The second kappa shape index (κ2) is 4.75. The standard InChI is InChI=1S/C15H20N2O/c1-18-15(6-2-7-15)11-16-10-12-3-4-14-13(9-12)5-8-17-14/h3-5,8-9,16-17H,2,6-7,10-11H2,1H3. The molecule has 0 atom stereocenters. The Morgan fingerprint density at radius 2 is 2.22 bits per heavy atom. The molecule has 1 aromatic heterocycles. The van der Waals surface area contributed by atoms with Crippen LogP contribution in [0.1, 0.15) is 24.8 Å². The molecule has 2 N–H and O–H groups in total. The quantitative estimate of drug-likeness (QED) is 0.848. The molecule has 18 heavy (non-hydrogen) atoms. The fourth-order valence-corrected chi connectivity index (χ4v) is 2.67. The van der Waals surface area contributed by atoms with Crippen LogP contribution in [0.4, 0.5) is 0 Å². The minimum absolute atomic E-state index is 0.109. The Bertz CT molecular complexity index is 523. The van der Waals surface area contributed by atoms with Crippen LogP contribution >= 0.6 is 0 Å². The highest BCUT2D eigenvalue weighted by molar-refractivity contribution is 5.79. The zero-order valence-electron chi connectivity index (χ0n) is 10.8. The van der Waals surface area contributed by atoms with E-state index in [-0.39, 0.29) is 5.60 Å². The maximum Gasteiger partial charge on any atom is 0.0802 e. The SMILES string of the molecule is COC1(CNCc2ccc3[nH]ccc3c2)CCC1. The zero-order chi connectivity index (χ0) is 12.4.